The highest BCUT2D eigenvalue weighted by Crippen LogP contribution is 2.23. The Kier molecular flexibility index (Phi) is 3.09. The second kappa shape index (κ2) is 4.90. The lowest BCUT2D eigenvalue weighted by Crippen LogP contribution is -2.05. The first-order valence-corrected chi connectivity index (χ1v) is 6.54. The van der Waals surface area contributed by atoms with Gasteiger partial charge in [0, 0.05) is 34.0 Å². The third kappa shape index (κ3) is 2.15. The van der Waals surface area contributed by atoms with Gasteiger partial charge in [-0.15, -0.1) is 0 Å². The van der Waals surface area contributed by atoms with Crippen molar-refractivity contribution in [3.8, 4) is 0 Å². The molecule has 2 aromatic heterocycles. The Balaban J connectivity index is 2.20. The minimum absolute atomic E-state index is 0.105. The molecule has 0 saturated heterocycles. The number of hydrogen-bond acceptors (Lipinski definition) is 3. The molecule has 19 heavy (non-hydrogen) atoms. The van der Waals surface area contributed by atoms with Gasteiger partial charge in [0.2, 0.25) is 5.78 Å². The summed E-state index contributed by atoms with van der Waals surface area (Å²) in [7, 11) is 0. The topological polar surface area (TPSA) is 42.9 Å². The standard InChI is InChI=1S/C15H9BrN2O/c16-13-5-2-7-18-14(13)15(19)11-4-1-3-10-6-8-17-9-12(10)11/h1-9H. The Bertz CT molecular complexity index is 765. The van der Waals surface area contributed by atoms with Crippen LogP contribution in [-0.2, 0) is 0 Å². The van der Waals surface area contributed by atoms with Crippen molar-refractivity contribution in [2.24, 2.45) is 0 Å². The van der Waals surface area contributed by atoms with E-state index in [1.807, 2.05) is 24.3 Å². The lowest BCUT2D eigenvalue weighted by Gasteiger charge is -2.06. The Hall–Kier alpha value is -2.07. The van der Waals surface area contributed by atoms with Crippen LogP contribution in [0.5, 0.6) is 0 Å². The molecule has 3 rings (SSSR count). The average Bonchev–Trinajstić information content (AvgIpc) is 2.46. The zero-order chi connectivity index (χ0) is 13.2. The third-order valence-electron chi connectivity index (χ3n) is 2.90. The van der Waals surface area contributed by atoms with Gasteiger partial charge >= 0.3 is 0 Å². The molecule has 0 amide bonds. The number of fused-ring (bicyclic) bond motifs is 1. The summed E-state index contributed by atoms with van der Waals surface area (Å²) >= 11 is 3.36. The molecule has 0 unspecified atom stereocenters. The molecule has 3 aromatic rings. The molecule has 0 aliphatic heterocycles. The van der Waals surface area contributed by atoms with E-state index in [1.54, 1.807) is 30.7 Å². The maximum atomic E-state index is 12.6. The zero-order valence-electron chi connectivity index (χ0n) is 9.88. The Morgan fingerprint density at radius 2 is 1.95 bits per heavy atom. The van der Waals surface area contributed by atoms with Gasteiger partial charge < -0.3 is 0 Å². The highest BCUT2D eigenvalue weighted by Gasteiger charge is 2.16. The molecular formula is C15H9BrN2O. The van der Waals surface area contributed by atoms with Crippen LogP contribution in [0.2, 0.25) is 0 Å². The van der Waals surface area contributed by atoms with E-state index in [-0.39, 0.29) is 5.78 Å². The molecule has 92 valence electrons. The summed E-state index contributed by atoms with van der Waals surface area (Å²) in [5, 5.41) is 1.83. The number of aromatic nitrogens is 2. The molecule has 0 atom stereocenters. The van der Waals surface area contributed by atoms with E-state index in [0.717, 1.165) is 10.8 Å². The van der Waals surface area contributed by atoms with E-state index in [0.29, 0.717) is 15.7 Å². The smallest absolute Gasteiger partial charge is 0.213 e. The number of nitrogens with zero attached hydrogens (tertiary/aromatic N) is 2. The van der Waals surface area contributed by atoms with Crippen LogP contribution >= 0.6 is 15.9 Å². The minimum atomic E-state index is -0.105. The number of hydrogen-bond donors (Lipinski definition) is 0. The second-order valence-corrected chi connectivity index (χ2v) is 4.92. The SMILES string of the molecule is O=C(c1ncccc1Br)c1cccc2ccncc12. The van der Waals surface area contributed by atoms with E-state index >= 15 is 0 Å². The summed E-state index contributed by atoms with van der Waals surface area (Å²) in [6.45, 7) is 0. The van der Waals surface area contributed by atoms with Gasteiger partial charge in [0.1, 0.15) is 5.69 Å². The predicted molar refractivity (Wildman–Crippen MR) is 77.1 cm³/mol. The number of carbonyl (C=O) groups is 1. The predicted octanol–water partition coefficient (Wildman–Crippen LogP) is 3.62. The maximum Gasteiger partial charge on any atom is 0.213 e. The van der Waals surface area contributed by atoms with Gasteiger partial charge in [-0.2, -0.15) is 0 Å². The molecule has 2 heterocycles. The summed E-state index contributed by atoms with van der Waals surface area (Å²) in [6, 6.07) is 11.1. The number of benzene rings is 1. The lowest BCUT2D eigenvalue weighted by atomic mass is 10.0. The molecule has 0 fully saturated rings. The quantitative estimate of drug-likeness (QED) is 0.679. The summed E-state index contributed by atoms with van der Waals surface area (Å²) in [5.74, 6) is -0.105. The largest absolute Gasteiger partial charge is 0.287 e. The fourth-order valence-corrected chi connectivity index (χ4v) is 2.43. The molecule has 1 aromatic carbocycles. The molecule has 0 radical (unpaired) electrons. The van der Waals surface area contributed by atoms with Gasteiger partial charge in [-0.25, -0.2) is 0 Å². The van der Waals surface area contributed by atoms with Crippen molar-refractivity contribution in [2.75, 3.05) is 0 Å². The van der Waals surface area contributed by atoms with Gasteiger partial charge in [-0.1, -0.05) is 18.2 Å². The van der Waals surface area contributed by atoms with E-state index in [4.69, 9.17) is 0 Å². The van der Waals surface area contributed by atoms with Crippen LogP contribution in [0, 0.1) is 0 Å². The zero-order valence-corrected chi connectivity index (χ0v) is 11.5. The molecular weight excluding hydrogens is 304 g/mol. The maximum absolute atomic E-state index is 12.6. The number of carbonyl (C=O) groups excluding carboxylic acids is 1. The van der Waals surface area contributed by atoms with Gasteiger partial charge in [0.05, 0.1) is 0 Å². The molecule has 0 bridgehead atoms. The Labute approximate surface area is 118 Å². The second-order valence-electron chi connectivity index (χ2n) is 4.07. The number of halogens is 1. The van der Waals surface area contributed by atoms with Crippen LogP contribution in [0.25, 0.3) is 10.8 Å². The van der Waals surface area contributed by atoms with E-state index in [1.165, 1.54) is 0 Å². The van der Waals surface area contributed by atoms with Crippen molar-refractivity contribution >= 4 is 32.5 Å². The van der Waals surface area contributed by atoms with E-state index in [9.17, 15) is 4.79 Å². The molecule has 0 aliphatic rings. The summed E-state index contributed by atoms with van der Waals surface area (Å²) in [5.41, 5.74) is 1.03. The lowest BCUT2D eigenvalue weighted by molar-refractivity contribution is 0.103. The minimum Gasteiger partial charge on any atom is -0.287 e. The monoisotopic (exact) mass is 312 g/mol. The highest BCUT2D eigenvalue weighted by molar-refractivity contribution is 9.10. The van der Waals surface area contributed by atoms with Gasteiger partial charge in [-0.3, -0.25) is 14.8 Å². The third-order valence-corrected chi connectivity index (χ3v) is 3.54. The average molecular weight is 313 g/mol. The van der Waals surface area contributed by atoms with Crippen LogP contribution < -0.4 is 0 Å². The highest BCUT2D eigenvalue weighted by atomic mass is 79.9. The van der Waals surface area contributed by atoms with Gasteiger partial charge in [-0.05, 0) is 39.5 Å². The summed E-state index contributed by atoms with van der Waals surface area (Å²) in [4.78, 5) is 20.8. The van der Waals surface area contributed by atoms with E-state index in [2.05, 4.69) is 25.9 Å². The first-order valence-electron chi connectivity index (χ1n) is 5.75. The normalized spacial score (nSPS) is 10.6. The fourth-order valence-electron chi connectivity index (χ4n) is 1.99. The summed E-state index contributed by atoms with van der Waals surface area (Å²) < 4.78 is 0.695. The Morgan fingerprint density at radius 1 is 1.05 bits per heavy atom. The molecule has 0 N–H and O–H groups in total. The molecule has 0 saturated carbocycles. The van der Waals surface area contributed by atoms with Crippen molar-refractivity contribution in [3.05, 3.63) is 70.7 Å². The Morgan fingerprint density at radius 3 is 2.79 bits per heavy atom. The fraction of sp³-hybridized carbons (Fsp3) is 0. The molecule has 4 heteroatoms. The molecule has 0 aliphatic carbocycles. The van der Waals surface area contributed by atoms with Crippen LogP contribution in [-0.4, -0.2) is 15.8 Å². The molecule has 0 spiro atoms. The van der Waals surface area contributed by atoms with Crippen molar-refractivity contribution in [1.29, 1.82) is 0 Å². The van der Waals surface area contributed by atoms with Crippen LogP contribution in [0.1, 0.15) is 16.1 Å². The number of pyridine rings is 2. The first-order chi connectivity index (χ1) is 9.27. The molecule has 3 nitrogen and oxygen atoms in total. The van der Waals surface area contributed by atoms with Crippen LogP contribution in [0.3, 0.4) is 0 Å². The van der Waals surface area contributed by atoms with Gasteiger partial charge in [0.15, 0.2) is 0 Å². The van der Waals surface area contributed by atoms with E-state index < -0.39 is 0 Å². The van der Waals surface area contributed by atoms with Crippen LogP contribution in [0.4, 0.5) is 0 Å². The summed E-state index contributed by atoms with van der Waals surface area (Å²) in [6.07, 6.45) is 5.04. The van der Waals surface area contributed by atoms with Gasteiger partial charge in [0.25, 0.3) is 0 Å². The van der Waals surface area contributed by atoms with Crippen LogP contribution in [0.15, 0.2) is 59.5 Å². The first kappa shape index (κ1) is 12.0. The number of ketones is 1. The van der Waals surface area contributed by atoms with Crippen molar-refractivity contribution in [3.63, 3.8) is 0 Å². The van der Waals surface area contributed by atoms with Crippen molar-refractivity contribution < 1.29 is 4.79 Å². The van der Waals surface area contributed by atoms with Crippen molar-refractivity contribution in [2.45, 2.75) is 0 Å². The van der Waals surface area contributed by atoms with Crippen molar-refractivity contribution in [1.82, 2.24) is 9.97 Å². The number of rotatable bonds is 2.